The lowest BCUT2D eigenvalue weighted by Crippen LogP contribution is -2.52. The summed E-state index contributed by atoms with van der Waals surface area (Å²) in [7, 11) is 0. The largest absolute Gasteiger partial charge is 0.416 e. The predicted molar refractivity (Wildman–Crippen MR) is 170 cm³/mol. The number of pyridine rings is 1. The molecule has 0 fully saturated rings. The van der Waals surface area contributed by atoms with E-state index < -0.39 is 23.7 Å². The number of carbonyl (C=O) groups excluding carboxylic acids is 2. The summed E-state index contributed by atoms with van der Waals surface area (Å²) in [5.74, 6) is -0.699. The molecule has 1 atom stereocenters. The number of alkyl halides is 3. The van der Waals surface area contributed by atoms with Gasteiger partial charge in [0.25, 0.3) is 0 Å². The predicted octanol–water partition coefficient (Wildman–Crippen LogP) is 6.99. The fraction of sp³-hybridized carbons (Fsp3) is 0.189. The summed E-state index contributed by atoms with van der Waals surface area (Å²) < 4.78 is 44.3. The molecule has 0 spiro atoms. The van der Waals surface area contributed by atoms with Crippen LogP contribution < -0.4 is 0 Å². The van der Waals surface area contributed by atoms with Crippen molar-refractivity contribution in [2.24, 2.45) is 0 Å². The second kappa shape index (κ2) is 13.9. The number of fused-ring (bicyclic) bond motifs is 1. The minimum atomic E-state index is -4.47. The minimum absolute atomic E-state index is 0.103. The van der Waals surface area contributed by atoms with E-state index in [1.54, 1.807) is 23.4 Å². The van der Waals surface area contributed by atoms with E-state index in [-0.39, 0.29) is 18.9 Å². The van der Waals surface area contributed by atoms with Gasteiger partial charge in [0.15, 0.2) is 0 Å². The molecule has 0 radical (unpaired) electrons. The minimum Gasteiger partial charge on any atom is -0.365 e. The molecular formula is C37H31F3N4O3. The van der Waals surface area contributed by atoms with Crippen molar-refractivity contribution in [3.05, 3.63) is 149 Å². The molecule has 0 unspecified atom stereocenters. The zero-order valence-corrected chi connectivity index (χ0v) is 25.3. The molecule has 0 aliphatic carbocycles. The Bertz CT molecular complexity index is 1840. The van der Waals surface area contributed by atoms with E-state index in [9.17, 15) is 22.8 Å². The van der Waals surface area contributed by atoms with Gasteiger partial charge in [0.05, 0.1) is 11.3 Å². The van der Waals surface area contributed by atoms with Gasteiger partial charge in [0, 0.05) is 50.6 Å². The lowest BCUT2D eigenvalue weighted by Gasteiger charge is -2.36. The standard InChI is InChI=1S/C37H31F3N4O3/c38-37(39,40)32-12-7-26(8-13-32)9-14-35(45)44(24-27-5-10-29(11-6-27)30-15-19-41-20-16-30)34(23-33-18-22-47-42-33)36(46)43-21-17-28-3-1-2-4-31(28)25-43/h1-16,18-20,22,34H,17,21,23-25H2/b14-9+/t34-/m0/s1. The second-order valence-corrected chi connectivity index (χ2v) is 11.3. The van der Waals surface area contributed by atoms with E-state index >= 15 is 0 Å². The second-order valence-electron chi connectivity index (χ2n) is 11.3. The third-order valence-electron chi connectivity index (χ3n) is 8.26. The number of carbonyl (C=O) groups is 2. The Morgan fingerprint density at radius 2 is 1.60 bits per heavy atom. The van der Waals surface area contributed by atoms with Crippen molar-refractivity contribution < 1.29 is 27.3 Å². The molecule has 238 valence electrons. The monoisotopic (exact) mass is 636 g/mol. The maximum absolute atomic E-state index is 14.4. The smallest absolute Gasteiger partial charge is 0.365 e. The third kappa shape index (κ3) is 7.66. The molecule has 0 saturated carbocycles. The zero-order chi connectivity index (χ0) is 32.8. The van der Waals surface area contributed by atoms with Gasteiger partial charge in [0.2, 0.25) is 11.8 Å². The van der Waals surface area contributed by atoms with Gasteiger partial charge < -0.3 is 14.3 Å². The average molecular weight is 637 g/mol. The Balaban J connectivity index is 1.32. The molecular weight excluding hydrogens is 605 g/mol. The summed E-state index contributed by atoms with van der Waals surface area (Å²) in [5.41, 5.74) is 5.14. The molecule has 10 heteroatoms. The summed E-state index contributed by atoms with van der Waals surface area (Å²) in [6, 6.07) is 24.8. The number of benzene rings is 3. The highest BCUT2D eigenvalue weighted by atomic mass is 19.4. The lowest BCUT2D eigenvalue weighted by molar-refractivity contribution is -0.144. The van der Waals surface area contributed by atoms with Gasteiger partial charge in [-0.15, -0.1) is 0 Å². The van der Waals surface area contributed by atoms with Crippen LogP contribution in [-0.4, -0.2) is 44.3 Å². The number of hydrogen-bond acceptors (Lipinski definition) is 5. The van der Waals surface area contributed by atoms with Gasteiger partial charge in [-0.1, -0.05) is 65.8 Å². The molecule has 1 aliphatic rings. The van der Waals surface area contributed by atoms with Crippen LogP contribution in [0.1, 0.15) is 33.5 Å². The average Bonchev–Trinajstić information content (AvgIpc) is 3.62. The summed E-state index contributed by atoms with van der Waals surface area (Å²) in [6.07, 6.45) is 3.93. The maximum Gasteiger partial charge on any atom is 0.416 e. The Kier molecular flexibility index (Phi) is 9.28. The van der Waals surface area contributed by atoms with Crippen molar-refractivity contribution >= 4 is 17.9 Å². The van der Waals surface area contributed by atoms with Crippen molar-refractivity contribution in [1.29, 1.82) is 0 Å². The molecule has 3 heterocycles. The van der Waals surface area contributed by atoms with Crippen LogP contribution in [-0.2, 0) is 41.7 Å². The molecule has 3 aromatic carbocycles. The van der Waals surface area contributed by atoms with Gasteiger partial charge in [0.1, 0.15) is 12.3 Å². The van der Waals surface area contributed by atoms with E-state index in [4.69, 9.17) is 4.52 Å². The number of aromatic nitrogens is 2. The van der Waals surface area contributed by atoms with Crippen LogP contribution in [0.5, 0.6) is 0 Å². The third-order valence-corrected chi connectivity index (χ3v) is 8.26. The van der Waals surface area contributed by atoms with Crippen molar-refractivity contribution in [3.8, 4) is 11.1 Å². The molecule has 1 aliphatic heterocycles. The molecule has 6 rings (SSSR count). The molecule has 47 heavy (non-hydrogen) atoms. The Morgan fingerprint density at radius 3 is 2.28 bits per heavy atom. The number of rotatable bonds is 9. The van der Waals surface area contributed by atoms with Crippen molar-refractivity contribution in [2.45, 2.75) is 38.1 Å². The SMILES string of the molecule is O=C([C@H](Cc1ccon1)N(Cc1ccc(-c2ccncc2)cc1)C(=O)/C=C/c1ccc(C(F)(F)F)cc1)N1CCc2ccccc2C1. The van der Waals surface area contributed by atoms with Gasteiger partial charge >= 0.3 is 6.18 Å². The highest BCUT2D eigenvalue weighted by molar-refractivity contribution is 5.95. The molecule has 0 N–H and O–H groups in total. The number of amides is 2. The Morgan fingerprint density at radius 1 is 0.894 bits per heavy atom. The van der Waals surface area contributed by atoms with E-state index in [1.807, 2.05) is 54.6 Å². The molecule has 0 bridgehead atoms. The van der Waals surface area contributed by atoms with Crippen molar-refractivity contribution in [2.75, 3.05) is 6.54 Å². The van der Waals surface area contributed by atoms with Gasteiger partial charge in [-0.05, 0) is 70.1 Å². The summed E-state index contributed by atoms with van der Waals surface area (Å²) in [6.45, 7) is 1.01. The molecule has 5 aromatic rings. The maximum atomic E-state index is 14.4. The number of hydrogen-bond donors (Lipinski definition) is 0. The zero-order valence-electron chi connectivity index (χ0n) is 25.3. The van der Waals surface area contributed by atoms with E-state index in [0.717, 1.165) is 34.4 Å². The van der Waals surface area contributed by atoms with Crippen LogP contribution in [0.4, 0.5) is 13.2 Å². The fourth-order valence-electron chi connectivity index (χ4n) is 5.70. The first kappa shape index (κ1) is 31.5. The molecule has 2 aromatic heterocycles. The molecule has 7 nitrogen and oxygen atoms in total. The van der Waals surface area contributed by atoms with E-state index in [0.29, 0.717) is 30.8 Å². The summed E-state index contributed by atoms with van der Waals surface area (Å²) >= 11 is 0. The summed E-state index contributed by atoms with van der Waals surface area (Å²) in [5, 5.41) is 4.04. The van der Waals surface area contributed by atoms with Crippen molar-refractivity contribution in [3.63, 3.8) is 0 Å². The highest BCUT2D eigenvalue weighted by Gasteiger charge is 2.35. The first-order chi connectivity index (χ1) is 22.7. The fourth-order valence-corrected chi connectivity index (χ4v) is 5.70. The summed E-state index contributed by atoms with van der Waals surface area (Å²) in [4.78, 5) is 35.7. The van der Waals surface area contributed by atoms with E-state index in [2.05, 4.69) is 16.2 Å². The van der Waals surface area contributed by atoms with Gasteiger partial charge in [-0.3, -0.25) is 14.6 Å². The van der Waals surface area contributed by atoms with E-state index in [1.165, 1.54) is 41.0 Å². The lowest BCUT2D eigenvalue weighted by atomic mass is 9.98. The normalized spacial score (nSPS) is 13.7. The first-order valence-electron chi connectivity index (χ1n) is 15.1. The van der Waals surface area contributed by atoms with Crippen LogP contribution in [0.25, 0.3) is 17.2 Å². The highest BCUT2D eigenvalue weighted by Crippen LogP contribution is 2.29. The van der Waals surface area contributed by atoms with Gasteiger partial charge in [-0.25, -0.2) is 0 Å². The Labute approximate surface area is 270 Å². The quantitative estimate of drug-likeness (QED) is 0.163. The van der Waals surface area contributed by atoms with Gasteiger partial charge in [-0.2, -0.15) is 13.2 Å². The van der Waals surface area contributed by atoms with Crippen molar-refractivity contribution in [1.82, 2.24) is 19.9 Å². The number of halogens is 3. The van der Waals surface area contributed by atoms with Crippen LogP contribution in [0, 0.1) is 0 Å². The first-order valence-corrected chi connectivity index (χ1v) is 15.1. The van der Waals surface area contributed by atoms with Crippen LogP contribution >= 0.6 is 0 Å². The molecule has 0 saturated heterocycles. The number of nitrogens with zero attached hydrogens (tertiary/aromatic N) is 4. The molecule has 2 amide bonds. The Hall–Kier alpha value is -5.51. The van der Waals surface area contributed by atoms with Crippen LogP contribution in [0.3, 0.4) is 0 Å². The van der Waals surface area contributed by atoms with Crippen LogP contribution in [0.15, 0.2) is 120 Å². The van der Waals surface area contributed by atoms with Crippen LogP contribution in [0.2, 0.25) is 0 Å². The topological polar surface area (TPSA) is 79.5 Å².